The highest BCUT2D eigenvalue weighted by Gasteiger charge is 2.13. The standard InChI is InChI=1S/C11H16FNO2/c1-11(2,14)6-7-15-10-8(12)4-3-5-9(10)13/h3-5,14H,6-7,13H2,1-2H3. The minimum absolute atomic E-state index is 0.0572. The van der Waals surface area contributed by atoms with Crippen LogP contribution in [-0.4, -0.2) is 17.3 Å². The summed E-state index contributed by atoms with van der Waals surface area (Å²) >= 11 is 0. The van der Waals surface area contributed by atoms with E-state index in [9.17, 15) is 9.50 Å². The van der Waals surface area contributed by atoms with E-state index in [2.05, 4.69) is 0 Å². The number of anilines is 1. The lowest BCUT2D eigenvalue weighted by Crippen LogP contribution is -2.22. The molecule has 0 radical (unpaired) electrons. The molecule has 15 heavy (non-hydrogen) atoms. The maximum absolute atomic E-state index is 13.2. The summed E-state index contributed by atoms with van der Waals surface area (Å²) in [6.07, 6.45) is 0.417. The van der Waals surface area contributed by atoms with Crippen molar-refractivity contribution in [1.82, 2.24) is 0 Å². The molecule has 0 saturated heterocycles. The Hall–Kier alpha value is -1.29. The van der Waals surface area contributed by atoms with Crippen LogP contribution in [-0.2, 0) is 0 Å². The molecule has 1 aromatic carbocycles. The maximum atomic E-state index is 13.2. The Morgan fingerprint density at radius 1 is 1.47 bits per heavy atom. The normalized spacial score (nSPS) is 11.5. The number of nitrogen functional groups attached to an aromatic ring is 1. The lowest BCUT2D eigenvalue weighted by Gasteiger charge is -2.17. The quantitative estimate of drug-likeness (QED) is 0.751. The number of hydrogen-bond acceptors (Lipinski definition) is 3. The van der Waals surface area contributed by atoms with E-state index in [0.717, 1.165) is 0 Å². The van der Waals surface area contributed by atoms with Crippen LogP contribution < -0.4 is 10.5 Å². The van der Waals surface area contributed by atoms with E-state index in [0.29, 0.717) is 6.42 Å². The Morgan fingerprint density at radius 3 is 2.67 bits per heavy atom. The first-order chi connectivity index (χ1) is 6.90. The van der Waals surface area contributed by atoms with E-state index >= 15 is 0 Å². The first-order valence-electron chi connectivity index (χ1n) is 4.79. The minimum Gasteiger partial charge on any atom is -0.488 e. The molecule has 4 heteroatoms. The molecule has 0 amide bonds. The number of halogens is 1. The lowest BCUT2D eigenvalue weighted by atomic mass is 10.1. The van der Waals surface area contributed by atoms with Crippen molar-refractivity contribution in [2.75, 3.05) is 12.3 Å². The summed E-state index contributed by atoms with van der Waals surface area (Å²) in [6.45, 7) is 3.57. The van der Waals surface area contributed by atoms with Crippen molar-refractivity contribution in [3.05, 3.63) is 24.0 Å². The van der Waals surface area contributed by atoms with Crippen LogP contribution in [0.5, 0.6) is 5.75 Å². The van der Waals surface area contributed by atoms with Gasteiger partial charge in [0.15, 0.2) is 11.6 Å². The fraction of sp³-hybridized carbons (Fsp3) is 0.455. The molecule has 1 rings (SSSR count). The van der Waals surface area contributed by atoms with Crippen molar-refractivity contribution in [3.63, 3.8) is 0 Å². The average Bonchev–Trinajstić information content (AvgIpc) is 2.08. The van der Waals surface area contributed by atoms with Gasteiger partial charge in [-0.05, 0) is 26.0 Å². The van der Waals surface area contributed by atoms with Crippen molar-refractivity contribution in [2.45, 2.75) is 25.9 Å². The summed E-state index contributed by atoms with van der Waals surface area (Å²) in [5, 5.41) is 9.43. The molecule has 0 aromatic heterocycles. The zero-order valence-corrected chi connectivity index (χ0v) is 8.96. The SMILES string of the molecule is CC(C)(O)CCOc1c(N)cccc1F. The molecule has 0 aliphatic heterocycles. The molecule has 0 spiro atoms. The summed E-state index contributed by atoms with van der Waals surface area (Å²) in [7, 11) is 0. The van der Waals surface area contributed by atoms with Gasteiger partial charge in [0.1, 0.15) is 0 Å². The Kier molecular flexibility index (Phi) is 3.52. The summed E-state index contributed by atoms with van der Waals surface area (Å²) in [5.41, 5.74) is 4.99. The van der Waals surface area contributed by atoms with Crippen LogP contribution in [0, 0.1) is 5.82 Å². The van der Waals surface area contributed by atoms with Crippen molar-refractivity contribution in [2.24, 2.45) is 0 Å². The first-order valence-corrected chi connectivity index (χ1v) is 4.79. The molecule has 84 valence electrons. The number of ether oxygens (including phenoxy) is 1. The van der Waals surface area contributed by atoms with Gasteiger partial charge in [-0.3, -0.25) is 0 Å². The second kappa shape index (κ2) is 4.49. The van der Waals surface area contributed by atoms with E-state index in [4.69, 9.17) is 10.5 Å². The van der Waals surface area contributed by atoms with Crippen LogP contribution in [0.3, 0.4) is 0 Å². The molecular formula is C11H16FNO2. The van der Waals surface area contributed by atoms with E-state index in [1.807, 2.05) is 0 Å². The molecule has 3 nitrogen and oxygen atoms in total. The van der Waals surface area contributed by atoms with Crippen LogP contribution >= 0.6 is 0 Å². The fourth-order valence-electron chi connectivity index (χ4n) is 1.08. The van der Waals surface area contributed by atoms with Crippen LogP contribution in [0.2, 0.25) is 0 Å². The number of nitrogens with two attached hydrogens (primary N) is 1. The van der Waals surface area contributed by atoms with Crippen molar-refractivity contribution in [3.8, 4) is 5.75 Å². The van der Waals surface area contributed by atoms with Gasteiger partial charge in [-0.2, -0.15) is 0 Å². The van der Waals surface area contributed by atoms with Crippen LogP contribution in [0.15, 0.2) is 18.2 Å². The number of aliphatic hydroxyl groups is 1. The molecule has 0 saturated carbocycles. The Morgan fingerprint density at radius 2 is 2.13 bits per heavy atom. The Balaban J connectivity index is 2.58. The number of rotatable bonds is 4. The highest BCUT2D eigenvalue weighted by Crippen LogP contribution is 2.25. The Labute approximate surface area is 88.7 Å². The first kappa shape index (κ1) is 11.8. The van der Waals surface area contributed by atoms with Gasteiger partial charge >= 0.3 is 0 Å². The molecule has 0 aliphatic carbocycles. The lowest BCUT2D eigenvalue weighted by molar-refractivity contribution is 0.0548. The number of hydrogen-bond donors (Lipinski definition) is 2. The van der Waals surface area contributed by atoms with E-state index in [1.54, 1.807) is 19.9 Å². The molecule has 0 bridgehead atoms. The average molecular weight is 213 g/mol. The van der Waals surface area contributed by atoms with E-state index in [-0.39, 0.29) is 18.0 Å². The highest BCUT2D eigenvalue weighted by molar-refractivity contribution is 5.52. The summed E-state index contributed by atoms with van der Waals surface area (Å²) in [6, 6.07) is 4.38. The van der Waals surface area contributed by atoms with Crippen LogP contribution in [0.4, 0.5) is 10.1 Å². The second-order valence-electron chi connectivity index (χ2n) is 4.07. The van der Waals surface area contributed by atoms with Crippen molar-refractivity contribution >= 4 is 5.69 Å². The van der Waals surface area contributed by atoms with Gasteiger partial charge in [0.05, 0.1) is 17.9 Å². The van der Waals surface area contributed by atoms with E-state index < -0.39 is 11.4 Å². The largest absolute Gasteiger partial charge is 0.488 e. The molecule has 3 N–H and O–H groups in total. The predicted octanol–water partition coefficient (Wildman–Crippen LogP) is 1.95. The summed E-state index contributed by atoms with van der Waals surface area (Å²) in [4.78, 5) is 0. The topological polar surface area (TPSA) is 55.5 Å². The number of benzene rings is 1. The molecule has 0 heterocycles. The van der Waals surface area contributed by atoms with Gasteiger partial charge in [0, 0.05) is 6.42 Å². The molecule has 0 unspecified atom stereocenters. The minimum atomic E-state index is -0.819. The van der Waals surface area contributed by atoms with Gasteiger partial charge in [-0.15, -0.1) is 0 Å². The summed E-state index contributed by atoms with van der Waals surface area (Å²) in [5.74, 6) is -0.424. The zero-order chi connectivity index (χ0) is 11.5. The zero-order valence-electron chi connectivity index (χ0n) is 8.96. The number of para-hydroxylation sites is 1. The predicted molar refractivity (Wildman–Crippen MR) is 57.2 cm³/mol. The molecule has 0 aliphatic rings. The van der Waals surface area contributed by atoms with Gasteiger partial charge in [0.25, 0.3) is 0 Å². The third kappa shape index (κ3) is 3.75. The fourth-order valence-corrected chi connectivity index (χ4v) is 1.08. The van der Waals surface area contributed by atoms with E-state index in [1.165, 1.54) is 12.1 Å². The third-order valence-electron chi connectivity index (χ3n) is 1.96. The van der Waals surface area contributed by atoms with Gasteiger partial charge < -0.3 is 15.6 Å². The maximum Gasteiger partial charge on any atom is 0.177 e. The van der Waals surface area contributed by atoms with Gasteiger partial charge in [-0.1, -0.05) is 6.07 Å². The third-order valence-corrected chi connectivity index (χ3v) is 1.96. The smallest absolute Gasteiger partial charge is 0.177 e. The highest BCUT2D eigenvalue weighted by atomic mass is 19.1. The van der Waals surface area contributed by atoms with Gasteiger partial charge in [0.2, 0.25) is 0 Å². The van der Waals surface area contributed by atoms with Crippen molar-refractivity contribution < 1.29 is 14.2 Å². The monoisotopic (exact) mass is 213 g/mol. The summed E-state index contributed by atoms with van der Waals surface area (Å²) < 4.78 is 18.4. The molecule has 1 aromatic rings. The molecular weight excluding hydrogens is 197 g/mol. The Bertz CT molecular complexity index is 314. The molecule has 0 fully saturated rings. The van der Waals surface area contributed by atoms with Crippen LogP contribution in [0.25, 0.3) is 0 Å². The second-order valence-corrected chi connectivity index (χ2v) is 4.07. The van der Waals surface area contributed by atoms with Gasteiger partial charge in [-0.25, -0.2) is 4.39 Å². The molecule has 0 atom stereocenters. The van der Waals surface area contributed by atoms with Crippen LogP contribution in [0.1, 0.15) is 20.3 Å². The van der Waals surface area contributed by atoms with Crippen molar-refractivity contribution in [1.29, 1.82) is 0 Å².